The highest BCUT2D eigenvalue weighted by Gasteiger charge is 2.44. The number of benzene rings is 1. The van der Waals surface area contributed by atoms with E-state index in [0.717, 1.165) is 25.7 Å². The number of carbonyl (C=O) groups excluding carboxylic acids is 2. The summed E-state index contributed by atoms with van der Waals surface area (Å²) in [6.45, 7) is 1.37. The molecule has 28 heavy (non-hydrogen) atoms. The average Bonchev–Trinajstić information content (AvgIpc) is 2.92. The standard InChI is InChI=1S/C10H14Cl2NO2PS.C8H10O3/c1-7(2)13-16(17,14-3)15-10-5-4-8(11)6-9(10)12;9-7-5-3-1-2-4-6(5)8(10)11-7/h4-7H,1-3H3,(H,13,17);5-6H,1-4H2. The summed E-state index contributed by atoms with van der Waals surface area (Å²) in [6.07, 6.45) is 3.80. The number of hydrogen-bond donors (Lipinski definition) is 1. The van der Waals surface area contributed by atoms with Crippen molar-refractivity contribution < 1.29 is 23.4 Å². The van der Waals surface area contributed by atoms with Crippen molar-refractivity contribution in [2.45, 2.75) is 45.6 Å². The molecule has 0 amide bonds. The highest BCUT2D eigenvalue weighted by atomic mass is 35.5. The molecule has 0 bridgehead atoms. The van der Waals surface area contributed by atoms with Gasteiger partial charge in [-0.1, -0.05) is 36.0 Å². The normalized spacial score (nSPS) is 23.4. The maximum atomic E-state index is 11.0. The lowest BCUT2D eigenvalue weighted by atomic mass is 9.81. The molecule has 0 aromatic heterocycles. The van der Waals surface area contributed by atoms with Crippen LogP contribution in [-0.2, 0) is 30.7 Å². The first-order valence-electron chi connectivity index (χ1n) is 8.99. The quantitative estimate of drug-likeness (QED) is 0.366. The average molecular weight is 468 g/mol. The van der Waals surface area contributed by atoms with Gasteiger partial charge in [0.25, 0.3) is 0 Å². The summed E-state index contributed by atoms with van der Waals surface area (Å²) in [4.78, 5) is 22.0. The number of ether oxygens (including phenoxy) is 1. The molecule has 3 rings (SSSR count). The van der Waals surface area contributed by atoms with E-state index in [4.69, 9.17) is 44.1 Å². The van der Waals surface area contributed by atoms with Crippen LogP contribution in [0.2, 0.25) is 10.0 Å². The Kier molecular flexibility index (Phi) is 8.74. The Morgan fingerprint density at radius 3 is 2.21 bits per heavy atom. The molecule has 1 saturated carbocycles. The molecule has 2 aliphatic rings. The summed E-state index contributed by atoms with van der Waals surface area (Å²) >= 11 is 17.1. The van der Waals surface area contributed by atoms with Crippen LogP contribution in [0, 0.1) is 11.8 Å². The molecular weight excluding hydrogens is 444 g/mol. The van der Waals surface area contributed by atoms with E-state index >= 15 is 0 Å². The van der Waals surface area contributed by atoms with Gasteiger partial charge in [-0.3, -0.25) is 9.59 Å². The van der Waals surface area contributed by atoms with Crippen molar-refractivity contribution in [3.8, 4) is 5.75 Å². The first-order valence-corrected chi connectivity index (χ1v) is 12.4. The zero-order valence-corrected chi connectivity index (χ0v) is 19.2. The highest BCUT2D eigenvalue weighted by Crippen LogP contribution is 2.46. The second kappa shape index (κ2) is 10.4. The van der Waals surface area contributed by atoms with Gasteiger partial charge in [-0.2, -0.15) is 0 Å². The SMILES string of the molecule is COP(=S)(NC(C)C)Oc1ccc(Cl)cc1Cl.O=C1OC(=O)C2CCCCC12. The molecule has 1 aromatic rings. The van der Waals surface area contributed by atoms with Crippen LogP contribution in [0.5, 0.6) is 5.75 Å². The van der Waals surface area contributed by atoms with Crippen LogP contribution in [-0.4, -0.2) is 25.1 Å². The number of carbonyl (C=O) groups is 2. The summed E-state index contributed by atoms with van der Waals surface area (Å²) in [5, 5.41) is 4.04. The molecule has 2 fully saturated rings. The first kappa shape index (κ1) is 23.6. The maximum Gasteiger partial charge on any atom is 0.317 e. The van der Waals surface area contributed by atoms with E-state index in [0.29, 0.717) is 15.8 Å². The number of nitrogens with one attached hydrogen (secondary N) is 1. The fraction of sp³-hybridized carbons (Fsp3) is 0.556. The van der Waals surface area contributed by atoms with Crippen LogP contribution in [0.1, 0.15) is 39.5 Å². The van der Waals surface area contributed by atoms with Gasteiger partial charge in [0.2, 0.25) is 0 Å². The van der Waals surface area contributed by atoms with E-state index in [-0.39, 0.29) is 29.8 Å². The molecule has 0 spiro atoms. The molecule has 1 aliphatic heterocycles. The topological polar surface area (TPSA) is 73.9 Å². The Hall–Kier alpha value is -0.690. The summed E-state index contributed by atoms with van der Waals surface area (Å²) in [5.41, 5.74) is 0. The summed E-state index contributed by atoms with van der Waals surface area (Å²) in [5.74, 6) is -0.318. The van der Waals surface area contributed by atoms with E-state index < -0.39 is 6.64 Å². The number of halogens is 2. The molecule has 1 aliphatic carbocycles. The van der Waals surface area contributed by atoms with Crippen molar-refractivity contribution in [3.63, 3.8) is 0 Å². The van der Waals surface area contributed by atoms with E-state index in [1.807, 2.05) is 13.8 Å². The van der Waals surface area contributed by atoms with Crippen molar-refractivity contribution in [1.29, 1.82) is 0 Å². The van der Waals surface area contributed by atoms with Crippen LogP contribution in [0.3, 0.4) is 0 Å². The Morgan fingerprint density at radius 1 is 1.18 bits per heavy atom. The molecule has 1 heterocycles. The zero-order valence-electron chi connectivity index (χ0n) is 15.9. The molecule has 1 N–H and O–H groups in total. The van der Waals surface area contributed by atoms with Crippen molar-refractivity contribution in [3.05, 3.63) is 28.2 Å². The molecule has 6 nitrogen and oxygen atoms in total. The number of fused-ring (bicyclic) bond motifs is 1. The van der Waals surface area contributed by atoms with Crippen molar-refractivity contribution >= 4 is 53.6 Å². The third kappa shape index (κ3) is 6.41. The largest absolute Gasteiger partial charge is 0.431 e. The lowest BCUT2D eigenvalue weighted by molar-refractivity contribution is -0.153. The van der Waals surface area contributed by atoms with Crippen LogP contribution in [0.25, 0.3) is 0 Å². The molecule has 1 aromatic carbocycles. The zero-order chi connectivity index (χ0) is 20.9. The maximum absolute atomic E-state index is 11.0. The summed E-state index contributed by atoms with van der Waals surface area (Å²) in [7, 11) is 1.51. The molecular formula is C18H24Cl2NO5PS. The van der Waals surface area contributed by atoms with Gasteiger partial charge in [0.05, 0.1) is 16.9 Å². The van der Waals surface area contributed by atoms with Gasteiger partial charge in [0, 0.05) is 18.2 Å². The minimum absolute atomic E-state index is 0.101. The summed E-state index contributed by atoms with van der Waals surface area (Å²) < 4.78 is 15.4. The van der Waals surface area contributed by atoms with Gasteiger partial charge in [0.15, 0.2) is 0 Å². The van der Waals surface area contributed by atoms with Crippen LogP contribution in [0.15, 0.2) is 18.2 Å². The lowest BCUT2D eigenvalue weighted by Crippen LogP contribution is -2.22. The lowest BCUT2D eigenvalue weighted by Gasteiger charge is -2.24. The van der Waals surface area contributed by atoms with Gasteiger partial charge >= 0.3 is 18.6 Å². The Balaban J connectivity index is 0.000000218. The third-order valence-corrected chi connectivity index (χ3v) is 7.61. The van der Waals surface area contributed by atoms with Crippen molar-refractivity contribution in [1.82, 2.24) is 5.09 Å². The van der Waals surface area contributed by atoms with E-state index in [1.54, 1.807) is 18.2 Å². The Labute approximate surface area is 180 Å². The second-order valence-corrected chi connectivity index (χ2v) is 11.0. The Bertz CT molecular complexity index is 754. The van der Waals surface area contributed by atoms with Gasteiger partial charge in [0.1, 0.15) is 5.75 Å². The van der Waals surface area contributed by atoms with Crippen molar-refractivity contribution in [2.75, 3.05) is 7.11 Å². The van der Waals surface area contributed by atoms with Crippen LogP contribution in [0.4, 0.5) is 0 Å². The van der Waals surface area contributed by atoms with Crippen LogP contribution >= 0.6 is 29.8 Å². The predicted molar refractivity (Wildman–Crippen MR) is 113 cm³/mol. The predicted octanol–water partition coefficient (Wildman–Crippen LogP) is 5.12. The molecule has 0 radical (unpaired) electrons. The van der Waals surface area contributed by atoms with Gasteiger partial charge in [-0.05, 0) is 56.7 Å². The minimum Gasteiger partial charge on any atom is -0.431 e. The molecule has 3 unspecified atom stereocenters. The molecule has 10 heteroatoms. The van der Waals surface area contributed by atoms with Gasteiger partial charge in [-0.15, -0.1) is 0 Å². The molecule has 156 valence electrons. The van der Waals surface area contributed by atoms with E-state index in [9.17, 15) is 9.59 Å². The Morgan fingerprint density at radius 2 is 1.75 bits per heavy atom. The molecule has 3 atom stereocenters. The number of cyclic esters (lactones) is 2. The smallest absolute Gasteiger partial charge is 0.317 e. The number of hydrogen-bond acceptors (Lipinski definition) is 6. The summed E-state index contributed by atoms with van der Waals surface area (Å²) in [6, 6.07) is 5.12. The fourth-order valence-corrected chi connectivity index (χ4v) is 5.71. The first-order chi connectivity index (χ1) is 13.1. The monoisotopic (exact) mass is 467 g/mol. The van der Waals surface area contributed by atoms with Crippen LogP contribution < -0.4 is 9.61 Å². The van der Waals surface area contributed by atoms with Gasteiger partial charge in [-0.25, -0.2) is 5.09 Å². The second-order valence-electron chi connectivity index (χ2n) is 6.87. The van der Waals surface area contributed by atoms with Gasteiger partial charge < -0.3 is 13.8 Å². The van der Waals surface area contributed by atoms with Crippen molar-refractivity contribution in [2.24, 2.45) is 11.8 Å². The number of rotatable bonds is 5. The highest BCUT2D eigenvalue weighted by molar-refractivity contribution is 8.09. The number of esters is 2. The minimum atomic E-state index is -2.56. The third-order valence-electron chi connectivity index (χ3n) is 4.34. The van der Waals surface area contributed by atoms with E-state index in [2.05, 4.69) is 9.82 Å². The molecule has 1 saturated heterocycles. The van der Waals surface area contributed by atoms with E-state index in [1.165, 1.54) is 7.11 Å². The fourth-order valence-electron chi connectivity index (χ4n) is 3.06.